The molecule has 0 unspecified atom stereocenters. The van der Waals surface area contributed by atoms with Gasteiger partial charge in [0.05, 0.1) is 10.9 Å². The number of carbonyl (C=O) groups is 1. The van der Waals surface area contributed by atoms with Crippen molar-refractivity contribution in [3.63, 3.8) is 0 Å². The van der Waals surface area contributed by atoms with Crippen LogP contribution in [0.15, 0.2) is 36.8 Å². The molecule has 0 aliphatic heterocycles. The highest BCUT2D eigenvalue weighted by Crippen LogP contribution is 2.23. The Labute approximate surface area is 135 Å². The zero-order valence-corrected chi connectivity index (χ0v) is 12.5. The van der Waals surface area contributed by atoms with Gasteiger partial charge in [-0.2, -0.15) is 0 Å². The van der Waals surface area contributed by atoms with Crippen LogP contribution in [0.1, 0.15) is 16.3 Å². The number of hydrogen-bond acceptors (Lipinski definition) is 7. The summed E-state index contributed by atoms with van der Waals surface area (Å²) in [6, 6.07) is 5.32. The second-order valence-electron chi connectivity index (χ2n) is 5.13. The van der Waals surface area contributed by atoms with Gasteiger partial charge in [-0.25, -0.2) is 14.2 Å². The quantitative estimate of drug-likeness (QED) is 0.586. The first-order chi connectivity index (χ1) is 11.6. The highest BCUT2D eigenvalue weighted by molar-refractivity contribution is 5.94. The lowest BCUT2D eigenvalue weighted by molar-refractivity contribution is 0.0682. The summed E-state index contributed by atoms with van der Waals surface area (Å²) in [6.07, 6.45) is 4.85. The van der Waals surface area contributed by atoms with Gasteiger partial charge < -0.3 is 10.4 Å². The van der Waals surface area contributed by atoms with Gasteiger partial charge in [0.15, 0.2) is 5.65 Å². The summed E-state index contributed by atoms with van der Waals surface area (Å²) in [5, 5.41) is 20.8. The van der Waals surface area contributed by atoms with Crippen LogP contribution in [0.4, 0.5) is 11.6 Å². The van der Waals surface area contributed by atoms with E-state index in [1.165, 1.54) is 4.40 Å². The van der Waals surface area contributed by atoms with Gasteiger partial charge in [0.2, 0.25) is 11.8 Å². The molecule has 0 bridgehead atoms. The van der Waals surface area contributed by atoms with Crippen LogP contribution in [0.3, 0.4) is 0 Å². The Morgan fingerprint density at radius 2 is 2.12 bits per heavy atom. The second kappa shape index (κ2) is 5.23. The first-order valence-electron chi connectivity index (χ1n) is 7.05. The fourth-order valence-electron chi connectivity index (χ4n) is 2.46. The van der Waals surface area contributed by atoms with Crippen molar-refractivity contribution >= 4 is 34.2 Å². The first kappa shape index (κ1) is 14.0. The third-order valence-electron chi connectivity index (χ3n) is 3.48. The maximum atomic E-state index is 11.5. The lowest BCUT2D eigenvalue weighted by Gasteiger charge is -2.10. The molecular weight excluding hydrogens is 310 g/mol. The summed E-state index contributed by atoms with van der Waals surface area (Å²) < 4.78 is 1.36. The number of fused-ring (bicyclic) bond motifs is 3. The van der Waals surface area contributed by atoms with E-state index in [9.17, 15) is 9.90 Å². The number of aryl methyl sites for hydroxylation is 1. The van der Waals surface area contributed by atoms with Crippen LogP contribution in [-0.2, 0) is 0 Å². The molecule has 0 saturated carbocycles. The van der Waals surface area contributed by atoms with E-state index in [1.807, 2.05) is 13.0 Å². The van der Waals surface area contributed by atoms with Crippen molar-refractivity contribution in [1.29, 1.82) is 0 Å². The number of aromatic carboxylic acids is 1. The Kier molecular flexibility index (Phi) is 3.05. The predicted octanol–water partition coefficient (Wildman–Crippen LogP) is 1.82. The molecule has 4 rings (SSSR count). The molecule has 4 aromatic heterocycles. The molecule has 4 heterocycles. The zero-order valence-electron chi connectivity index (χ0n) is 12.5. The molecule has 0 aliphatic carbocycles. The van der Waals surface area contributed by atoms with Crippen LogP contribution in [0, 0.1) is 6.92 Å². The number of aromatic nitrogens is 6. The minimum atomic E-state index is -1.19. The summed E-state index contributed by atoms with van der Waals surface area (Å²) in [6.45, 7) is 1.86. The molecule has 2 N–H and O–H groups in total. The maximum Gasteiger partial charge on any atom is 0.374 e. The molecule has 0 atom stereocenters. The van der Waals surface area contributed by atoms with E-state index in [4.69, 9.17) is 0 Å². The summed E-state index contributed by atoms with van der Waals surface area (Å²) in [4.78, 5) is 24.1. The van der Waals surface area contributed by atoms with Gasteiger partial charge in [0.1, 0.15) is 0 Å². The summed E-state index contributed by atoms with van der Waals surface area (Å²) in [5.74, 6) is -1.12. The molecule has 0 amide bonds. The van der Waals surface area contributed by atoms with E-state index in [1.54, 1.807) is 30.7 Å². The van der Waals surface area contributed by atoms with Gasteiger partial charge >= 0.3 is 5.97 Å². The fourth-order valence-corrected chi connectivity index (χ4v) is 2.46. The monoisotopic (exact) mass is 321 g/mol. The lowest BCUT2D eigenvalue weighted by atomic mass is 10.3. The van der Waals surface area contributed by atoms with Gasteiger partial charge in [-0.15, -0.1) is 10.2 Å². The van der Waals surface area contributed by atoms with Gasteiger partial charge in [0.25, 0.3) is 0 Å². The number of carboxylic acids is 1. The van der Waals surface area contributed by atoms with Crippen molar-refractivity contribution < 1.29 is 9.90 Å². The zero-order chi connectivity index (χ0) is 16.7. The summed E-state index contributed by atoms with van der Waals surface area (Å²) in [5.41, 5.74) is 2.56. The van der Waals surface area contributed by atoms with Crippen LogP contribution >= 0.6 is 0 Å². The Morgan fingerprint density at radius 3 is 2.92 bits per heavy atom. The molecule has 118 valence electrons. The van der Waals surface area contributed by atoms with Crippen molar-refractivity contribution in [2.45, 2.75) is 6.92 Å². The normalized spacial score (nSPS) is 11.0. The molecule has 9 nitrogen and oxygen atoms in total. The molecule has 0 aromatic carbocycles. The van der Waals surface area contributed by atoms with Crippen LogP contribution in [-0.4, -0.2) is 40.6 Å². The highest BCUT2D eigenvalue weighted by Gasteiger charge is 2.19. The van der Waals surface area contributed by atoms with E-state index in [-0.39, 0.29) is 5.82 Å². The van der Waals surface area contributed by atoms with E-state index in [0.717, 1.165) is 11.4 Å². The third kappa shape index (κ3) is 2.19. The van der Waals surface area contributed by atoms with Crippen molar-refractivity contribution in [3.8, 4) is 0 Å². The minimum absolute atomic E-state index is 0.225. The predicted molar refractivity (Wildman–Crippen MR) is 85.3 cm³/mol. The summed E-state index contributed by atoms with van der Waals surface area (Å²) in [7, 11) is 0. The Balaban J connectivity index is 2.00. The van der Waals surface area contributed by atoms with Crippen LogP contribution in [0.25, 0.3) is 16.6 Å². The minimum Gasteiger partial charge on any atom is -0.475 e. The smallest absolute Gasteiger partial charge is 0.374 e. The number of anilines is 2. The standard InChI is InChI=1S/C15H11N7O2/c1-8-6-9(2-5-17-8)18-15-19-11-3-4-16-7-10(11)12-20-21-13(14(23)24)22(12)15/h2-7H,1H3,(H,23,24)(H,17,18,19). The molecule has 0 radical (unpaired) electrons. The number of hydrogen-bond donors (Lipinski definition) is 2. The summed E-state index contributed by atoms with van der Waals surface area (Å²) >= 11 is 0. The van der Waals surface area contributed by atoms with Crippen molar-refractivity contribution in [2.24, 2.45) is 0 Å². The molecule has 0 saturated heterocycles. The average molecular weight is 321 g/mol. The van der Waals surface area contributed by atoms with Crippen LogP contribution < -0.4 is 5.32 Å². The fraction of sp³-hybridized carbons (Fsp3) is 0.0667. The number of rotatable bonds is 3. The van der Waals surface area contributed by atoms with Gasteiger partial charge in [-0.05, 0) is 25.1 Å². The SMILES string of the molecule is Cc1cc(Nc2nc3ccncc3c3nnc(C(=O)O)n23)ccn1. The molecule has 0 aliphatic rings. The molecular formula is C15H11N7O2. The largest absolute Gasteiger partial charge is 0.475 e. The first-order valence-corrected chi connectivity index (χ1v) is 7.05. The Bertz CT molecular complexity index is 1090. The lowest BCUT2D eigenvalue weighted by Crippen LogP contribution is -2.09. The van der Waals surface area contributed by atoms with Crippen molar-refractivity contribution in [3.05, 3.63) is 48.3 Å². The second-order valence-corrected chi connectivity index (χ2v) is 5.13. The third-order valence-corrected chi connectivity index (χ3v) is 3.48. The molecule has 0 spiro atoms. The molecule has 24 heavy (non-hydrogen) atoms. The molecule has 0 fully saturated rings. The number of carboxylic acid groups (broad SMARTS) is 1. The Morgan fingerprint density at radius 1 is 1.25 bits per heavy atom. The van der Waals surface area contributed by atoms with Gasteiger partial charge in [-0.3, -0.25) is 9.97 Å². The van der Waals surface area contributed by atoms with Gasteiger partial charge in [-0.1, -0.05) is 0 Å². The van der Waals surface area contributed by atoms with Crippen molar-refractivity contribution in [2.75, 3.05) is 5.32 Å². The number of nitrogens with one attached hydrogen (secondary N) is 1. The number of pyridine rings is 2. The molecule has 9 heteroatoms. The van der Waals surface area contributed by atoms with Crippen molar-refractivity contribution in [1.82, 2.24) is 29.5 Å². The van der Waals surface area contributed by atoms with Crippen LogP contribution in [0.5, 0.6) is 0 Å². The van der Waals surface area contributed by atoms with Crippen LogP contribution in [0.2, 0.25) is 0 Å². The average Bonchev–Trinajstić information content (AvgIpc) is 3.01. The van der Waals surface area contributed by atoms with E-state index in [0.29, 0.717) is 22.5 Å². The van der Waals surface area contributed by atoms with E-state index < -0.39 is 5.97 Å². The van der Waals surface area contributed by atoms with E-state index in [2.05, 4.69) is 30.5 Å². The topological polar surface area (TPSA) is 118 Å². The maximum absolute atomic E-state index is 11.5. The molecule has 4 aromatic rings. The highest BCUT2D eigenvalue weighted by atomic mass is 16.4. The number of nitrogens with zero attached hydrogens (tertiary/aromatic N) is 6. The van der Waals surface area contributed by atoms with E-state index >= 15 is 0 Å². The van der Waals surface area contributed by atoms with Gasteiger partial charge in [0, 0.05) is 30.0 Å². The Hall–Kier alpha value is -3.62.